The molecule has 2 heterocycles. The predicted molar refractivity (Wildman–Crippen MR) is 123 cm³/mol. The van der Waals surface area contributed by atoms with Crippen LogP contribution in [-0.2, 0) is 16.4 Å². The summed E-state index contributed by atoms with van der Waals surface area (Å²) in [5, 5.41) is 2.48. The number of ether oxygens (including phenoxy) is 1. The second kappa shape index (κ2) is 10.4. The average molecular weight is 490 g/mol. The number of hydrogen-bond donors (Lipinski definition) is 0. The molecule has 0 radical (unpaired) electrons. The van der Waals surface area contributed by atoms with Gasteiger partial charge in [-0.2, -0.15) is 0 Å². The largest absolute Gasteiger partial charge is 0.490 e. The Kier molecular flexibility index (Phi) is 8.07. The fourth-order valence-corrected chi connectivity index (χ4v) is 6.50. The van der Waals surface area contributed by atoms with Crippen LogP contribution in [0.15, 0.2) is 29.6 Å². The third kappa shape index (κ3) is 5.90. The van der Waals surface area contributed by atoms with Crippen molar-refractivity contribution in [2.75, 3.05) is 18.1 Å². The van der Waals surface area contributed by atoms with Crippen molar-refractivity contribution >= 4 is 50.3 Å². The highest BCUT2D eigenvalue weighted by atomic mass is 35.5. The molecular formula is C21H25Cl2NO4S2. The Morgan fingerprint density at radius 2 is 2.00 bits per heavy atom. The van der Waals surface area contributed by atoms with Gasteiger partial charge in [-0.15, -0.1) is 11.3 Å². The lowest BCUT2D eigenvalue weighted by atomic mass is 10.1. The Hall–Kier alpha value is -1.28. The molecule has 0 saturated carbocycles. The fraction of sp³-hybridized carbons (Fsp3) is 0.476. The molecule has 1 fully saturated rings. The van der Waals surface area contributed by atoms with E-state index in [-0.39, 0.29) is 33.5 Å². The fourth-order valence-electron chi connectivity index (χ4n) is 3.47. The first-order chi connectivity index (χ1) is 14.3. The van der Waals surface area contributed by atoms with Crippen LogP contribution in [0.3, 0.4) is 0 Å². The molecule has 1 atom stereocenters. The molecule has 0 N–H and O–H groups in total. The van der Waals surface area contributed by atoms with E-state index in [0.717, 1.165) is 24.1 Å². The Morgan fingerprint density at radius 1 is 1.27 bits per heavy atom. The lowest BCUT2D eigenvalue weighted by molar-refractivity contribution is 0.0683. The molecule has 1 aromatic heterocycles. The summed E-state index contributed by atoms with van der Waals surface area (Å²) in [5.41, 5.74) is 0.326. The van der Waals surface area contributed by atoms with Gasteiger partial charge in [0.25, 0.3) is 5.91 Å². The van der Waals surface area contributed by atoms with Gasteiger partial charge in [0.2, 0.25) is 0 Å². The summed E-state index contributed by atoms with van der Waals surface area (Å²) in [4.78, 5) is 16.0. The molecule has 1 aromatic carbocycles. The molecule has 3 rings (SSSR count). The molecule has 0 bridgehead atoms. The third-order valence-corrected chi connectivity index (χ3v) is 8.23. The van der Waals surface area contributed by atoms with Gasteiger partial charge in [-0.25, -0.2) is 8.42 Å². The quantitative estimate of drug-likeness (QED) is 0.439. The average Bonchev–Trinajstić information content (AvgIpc) is 3.33. The van der Waals surface area contributed by atoms with Crippen molar-refractivity contribution in [1.29, 1.82) is 0 Å². The zero-order valence-electron chi connectivity index (χ0n) is 16.8. The molecule has 1 unspecified atom stereocenters. The van der Waals surface area contributed by atoms with Crippen molar-refractivity contribution in [3.05, 3.63) is 50.1 Å². The molecular weight excluding hydrogens is 465 g/mol. The molecule has 9 heteroatoms. The number of amides is 1. The van der Waals surface area contributed by atoms with Gasteiger partial charge in [0.1, 0.15) is 0 Å². The number of carbonyl (C=O) groups excluding carboxylic acids is 1. The van der Waals surface area contributed by atoms with Crippen LogP contribution in [0, 0.1) is 0 Å². The molecule has 1 aliphatic heterocycles. The number of rotatable bonds is 9. The summed E-state index contributed by atoms with van der Waals surface area (Å²) >= 11 is 14.3. The van der Waals surface area contributed by atoms with Crippen LogP contribution in [0.1, 0.15) is 47.8 Å². The number of hydrogen-bond acceptors (Lipinski definition) is 5. The van der Waals surface area contributed by atoms with E-state index in [9.17, 15) is 13.2 Å². The first-order valence-electron chi connectivity index (χ1n) is 9.96. The van der Waals surface area contributed by atoms with Gasteiger partial charge in [0, 0.05) is 16.5 Å². The minimum Gasteiger partial charge on any atom is -0.490 e. The van der Waals surface area contributed by atoms with Crippen LogP contribution in [0.2, 0.25) is 10.0 Å². The molecule has 1 saturated heterocycles. The summed E-state index contributed by atoms with van der Waals surface area (Å²) in [6, 6.07) is 6.58. The molecule has 1 aliphatic rings. The van der Waals surface area contributed by atoms with E-state index in [1.165, 1.54) is 11.3 Å². The van der Waals surface area contributed by atoms with Crippen molar-refractivity contribution in [2.45, 2.75) is 45.2 Å². The monoisotopic (exact) mass is 489 g/mol. The molecule has 0 aliphatic carbocycles. The Balaban J connectivity index is 1.83. The second-order valence-electron chi connectivity index (χ2n) is 7.39. The van der Waals surface area contributed by atoms with Gasteiger partial charge in [0.05, 0.1) is 34.7 Å². The zero-order chi connectivity index (χ0) is 21.7. The minimum atomic E-state index is -3.14. The van der Waals surface area contributed by atoms with E-state index in [1.807, 2.05) is 17.5 Å². The maximum Gasteiger partial charge on any atom is 0.254 e. The van der Waals surface area contributed by atoms with Gasteiger partial charge >= 0.3 is 0 Å². The van der Waals surface area contributed by atoms with Gasteiger partial charge in [0.15, 0.2) is 15.6 Å². The van der Waals surface area contributed by atoms with E-state index in [1.54, 1.807) is 17.0 Å². The molecule has 0 spiro atoms. The molecule has 164 valence electrons. The van der Waals surface area contributed by atoms with Crippen LogP contribution >= 0.6 is 34.5 Å². The highest BCUT2D eigenvalue weighted by molar-refractivity contribution is 7.91. The third-order valence-electron chi connectivity index (χ3n) is 5.06. The first-order valence-corrected chi connectivity index (χ1v) is 13.4. The van der Waals surface area contributed by atoms with Crippen molar-refractivity contribution in [3.63, 3.8) is 0 Å². The SMILES string of the molecule is CCCCCOc1c(Cl)cc(C(=O)N(Cc2cccs2)C2CCS(=O)(=O)C2)cc1Cl. The lowest BCUT2D eigenvalue weighted by Gasteiger charge is -2.28. The summed E-state index contributed by atoms with van der Waals surface area (Å²) in [5.74, 6) is 0.161. The van der Waals surface area contributed by atoms with E-state index >= 15 is 0 Å². The van der Waals surface area contributed by atoms with E-state index in [4.69, 9.17) is 27.9 Å². The smallest absolute Gasteiger partial charge is 0.254 e. The normalized spacial score (nSPS) is 17.8. The highest BCUT2D eigenvalue weighted by Crippen LogP contribution is 2.35. The predicted octanol–water partition coefficient (Wildman–Crippen LogP) is 5.45. The van der Waals surface area contributed by atoms with E-state index < -0.39 is 9.84 Å². The van der Waals surface area contributed by atoms with Crippen LogP contribution in [0.25, 0.3) is 0 Å². The number of sulfone groups is 1. The summed E-state index contributed by atoms with van der Waals surface area (Å²) < 4.78 is 29.7. The number of benzene rings is 1. The summed E-state index contributed by atoms with van der Waals surface area (Å²) in [7, 11) is -3.14. The van der Waals surface area contributed by atoms with Gasteiger partial charge in [-0.1, -0.05) is 49.0 Å². The number of nitrogens with zero attached hydrogens (tertiary/aromatic N) is 1. The van der Waals surface area contributed by atoms with Gasteiger partial charge < -0.3 is 9.64 Å². The summed E-state index contributed by atoms with van der Waals surface area (Å²) in [6.45, 7) is 2.96. The Labute approximate surface area is 191 Å². The number of halogens is 2. The highest BCUT2D eigenvalue weighted by Gasteiger charge is 2.35. The van der Waals surface area contributed by atoms with E-state index in [0.29, 0.717) is 30.9 Å². The minimum absolute atomic E-state index is 0.0236. The molecule has 30 heavy (non-hydrogen) atoms. The zero-order valence-corrected chi connectivity index (χ0v) is 19.9. The maximum atomic E-state index is 13.4. The van der Waals surface area contributed by atoms with Crippen molar-refractivity contribution in [2.24, 2.45) is 0 Å². The van der Waals surface area contributed by atoms with Crippen LogP contribution in [0.5, 0.6) is 5.75 Å². The van der Waals surface area contributed by atoms with Crippen LogP contribution in [-0.4, -0.2) is 43.4 Å². The maximum absolute atomic E-state index is 13.4. The number of thiophene rings is 1. The van der Waals surface area contributed by atoms with Crippen LogP contribution in [0.4, 0.5) is 0 Å². The topological polar surface area (TPSA) is 63.7 Å². The van der Waals surface area contributed by atoms with Gasteiger partial charge in [-0.05, 0) is 36.4 Å². The number of unbranched alkanes of at least 4 members (excludes halogenated alkanes) is 2. The second-order valence-corrected chi connectivity index (χ2v) is 11.5. The van der Waals surface area contributed by atoms with Crippen molar-refractivity contribution in [3.8, 4) is 5.75 Å². The number of carbonyl (C=O) groups is 1. The lowest BCUT2D eigenvalue weighted by Crippen LogP contribution is -2.40. The standard InChI is InChI=1S/C21H25Cl2NO4S2/c1-2-3-4-8-28-20-18(22)11-15(12-19(20)23)21(25)24(13-17-6-5-9-29-17)16-7-10-30(26,27)14-16/h5-6,9,11-12,16H,2-4,7-8,10,13-14H2,1H3. The van der Waals surface area contributed by atoms with Gasteiger partial charge in [-0.3, -0.25) is 4.79 Å². The molecule has 2 aromatic rings. The molecule has 1 amide bonds. The summed E-state index contributed by atoms with van der Waals surface area (Å²) in [6.07, 6.45) is 3.46. The van der Waals surface area contributed by atoms with Crippen molar-refractivity contribution < 1.29 is 17.9 Å². The van der Waals surface area contributed by atoms with Crippen LogP contribution < -0.4 is 4.74 Å². The van der Waals surface area contributed by atoms with Crippen molar-refractivity contribution in [1.82, 2.24) is 4.90 Å². The Morgan fingerprint density at radius 3 is 2.57 bits per heavy atom. The molecule has 5 nitrogen and oxygen atoms in total. The van der Waals surface area contributed by atoms with E-state index in [2.05, 4.69) is 6.92 Å². The Bertz CT molecular complexity index is 954. The first kappa shape index (κ1) is 23.4.